The second-order valence-corrected chi connectivity index (χ2v) is 4.72. The van der Waals surface area contributed by atoms with E-state index in [1.165, 1.54) is 0 Å². The molecule has 0 aromatic heterocycles. The maximum Gasteiger partial charge on any atom is 0.243 e. The van der Waals surface area contributed by atoms with Crippen molar-refractivity contribution >= 4 is 5.91 Å². The highest BCUT2D eigenvalue weighted by molar-refractivity contribution is 5.86. The SMILES string of the molecule is CCN(C(=O)C1(C#N)CCCC1)C1CC1. The zero-order valence-corrected chi connectivity index (χ0v) is 9.33. The van der Waals surface area contributed by atoms with Crippen LogP contribution in [-0.2, 0) is 4.79 Å². The van der Waals surface area contributed by atoms with E-state index in [9.17, 15) is 10.1 Å². The van der Waals surface area contributed by atoms with Gasteiger partial charge in [0, 0.05) is 12.6 Å². The summed E-state index contributed by atoms with van der Waals surface area (Å²) in [6.07, 6.45) is 5.85. The fourth-order valence-corrected chi connectivity index (χ4v) is 2.58. The van der Waals surface area contributed by atoms with E-state index in [4.69, 9.17) is 0 Å². The molecule has 0 unspecified atom stereocenters. The lowest BCUT2D eigenvalue weighted by Gasteiger charge is -2.28. The summed E-state index contributed by atoms with van der Waals surface area (Å²) in [5.41, 5.74) is -0.668. The minimum absolute atomic E-state index is 0.104. The van der Waals surface area contributed by atoms with Gasteiger partial charge < -0.3 is 4.90 Å². The van der Waals surface area contributed by atoms with E-state index in [1.54, 1.807) is 0 Å². The van der Waals surface area contributed by atoms with Crippen molar-refractivity contribution in [3.05, 3.63) is 0 Å². The molecule has 82 valence electrons. The lowest BCUT2D eigenvalue weighted by atomic mass is 9.86. The van der Waals surface area contributed by atoms with Crippen LogP contribution in [0.2, 0.25) is 0 Å². The van der Waals surface area contributed by atoms with E-state index in [0.29, 0.717) is 6.04 Å². The Bertz CT molecular complexity index is 295. The molecule has 2 aliphatic rings. The predicted molar refractivity (Wildman–Crippen MR) is 56.9 cm³/mol. The summed E-state index contributed by atoms with van der Waals surface area (Å²) in [4.78, 5) is 14.2. The summed E-state index contributed by atoms with van der Waals surface area (Å²) in [6, 6.07) is 2.72. The van der Waals surface area contributed by atoms with Crippen molar-refractivity contribution < 1.29 is 4.79 Å². The Morgan fingerprint density at radius 3 is 2.47 bits per heavy atom. The molecule has 0 aromatic carbocycles. The van der Waals surface area contributed by atoms with Crippen LogP contribution >= 0.6 is 0 Å². The Labute approximate surface area is 91.1 Å². The molecule has 0 N–H and O–H groups in total. The van der Waals surface area contributed by atoms with Gasteiger partial charge in [-0.1, -0.05) is 12.8 Å². The summed E-state index contributed by atoms with van der Waals surface area (Å²) in [7, 11) is 0. The van der Waals surface area contributed by atoms with Crippen molar-refractivity contribution in [2.45, 2.75) is 51.5 Å². The number of nitrogens with zero attached hydrogens (tertiary/aromatic N) is 2. The van der Waals surface area contributed by atoms with Crippen molar-refractivity contribution in [3.63, 3.8) is 0 Å². The predicted octanol–water partition coefficient (Wildman–Crippen LogP) is 2.08. The van der Waals surface area contributed by atoms with Gasteiger partial charge in [-0.3, -0.25) is 4.79 Å². The van der Waals surface area contributed by atoms with E-state index in [0.717, 1.165) is 45.1 Å². The minimum Gasteiger partial charge on any atom is -0.339 e. The first-order chi connectivity index (χ1) is 7.23. The number of carbonyl (C=O) groups excluding carboxylic acids is 1. The first-order valence-corrected chi connectivity index (χ1v) is 5.96. The first kappa shape index (κ1) is 10.5. The number of hydrogen-bond acceptors (Lipinski definition) is 2. The standard InChI is InChI=1S/C12H18N2O/c1-2-14(10-5-6-10)11(15)12(9-13)7-3-4-8-12/h10H,2-8H2,1H3. The molecule has 0 aromatic rings. The van der Waals surface area contributed by atoms with Crippen LogP contribution in [0.25, 0.3) is 0 Å². The summed E-state index contributed by atoms with van der Waals surface area (Å²) >= 11 is 0. The normalized spacial score (nSPS) is 23.5. The van der Waals surface area contributed by atoms with Crippen LogP contribution in [0.15, 0.2) is 0 Å². The third-order valence-electron chi connectivity index (χ3n) is 3.67. The maximum atomic E-state index is 12.3. The largest absolute Gasteiger partial charge is 0.339 e. The molecule has 2 saturated carbocycles. The number of carbonyl (C=O) groups is 1. The maximum absolute atomic E-state index is 12.3. The van der Waals surface area contributed by atoms with Gasteiger partial charge in [0.2, 0.25) is 5.91 Å². The highest BCUT2D eigenvalue weighted by Crippen LogP contribution is 2.41. The Morgan fingerprint density at radius 1 is 1.47 bits per heavy atom. The molecule has 3 heteroatoms. The van der Waals surface area contributed by atoms with Gasteiger partial charge >= 0.3 is 0 Å². The van der Waals surface area contributed by atoms with Crippen LogP contribution in [-0.4, -0.2) is 23.4 Å². The zero-order valence-electron chi connectivity index (χ0n) is 9.33. The zero-order chi connectivity index (χ0) is 10.9. The van der Waals surface area contributed by atoms with E-state index in [1.807, 2.05) is 11.8 Å². The summed E-state index contributed by atoms with van der Waals surface area (Å²) < 4.78 is 0. The van der Waals surface area contributed by atoms with Crippen LogP contribution in [0, 0.1) is 16.7 Å². The van der Waals surface area contributed by atoms with E-state index < -0.39 is 5.41 Å². The fraction of sp³-hybridized carbons (Fsp3) is 0.833. The molecular formula is C12H18N2O. The Hall–Kier alpha value is -1.04. The Balaban J connectivity index is 2.13. The quantitative estimate of drug-likeness (QED) is 0.709. The van der Waals surface area contributed by atoms with Crippen molar-refractivity contribution in [3.8, 4) is 6.07 Å². The molecule has 0 bridgehead atoms. The van der Waals surface area contributed by atoms with Gasteiger partial charge in [0.25, 0.3) is 0 Å². The van der Waals surface area contributed by atoms with Crippen molar-refractivity contribution in [2.75, 3.05) is 6.54 Å². The molecule has 0 spiro atoms. The lowest BCUT2D eigenvalue weighted by molar-refractivity contribution is -0.139. The second-order valence-electron chi connectivity index (χ2n) is 4.72. The molecule has 2 aliphatic carbocycles. The molecule has 0 saturated heterocycles. The average molecular weight is 206 g/mol. The smallest absolute Gasteiger partial charge is 0.243 e. The number of hydrogen-bond donors (Lipinski definition) is 0. The Morgan fingerprint density at radius 2 is 2.07 bits per heavy atom. The topological polar surface area (TPSA) is 44.1 Å². The minimum atomic E-state index is -0.668. The average Bonchev–Trinajstić information content (AvgIpc) is 2.97. The molecule has 1 amide bonds. The number of rotatable bonds is 3. The number of nitriles is 1. The van der Waals surface area contributed by atoms with Crippen LogP contribution in [0.3, 0.4) is 0 Å². The molecule has 0 atom stereocenters. The van der Waals surface area contributed by atoms with Gasteiger partial charge in [0.15, 0.2) is 0 Å². The molecule has 3 nitrogen and oxygen atoms in total. The van der Waals surface area contributed by atoms with Crippen LogP contribution < -0.4 is 0 Å². The first-order valence-electron chi connectivity index (χ1n) is 5.96. The van der Waals surface area contributed by atoms with Crippen molar-refractivity contribution in [1.29, 1.82) is 5.26 Å². The van der Waals surface area contributed by atoms with E-state index in [2.05, 4.69) is 6.07 Å². The summed E-state index contributed by atoms with van der Waals surface area (Å²) in [5, 5.41) is 9.24. The van der Waals surface area contributed by atoms with Crippen LogP contribution in [0.4, 0.5) is 0 Å². The van der Waals surface area contributed by atoms with Gasteiger partial charge in [-0.2, -0.15) is 5.26 Å². The van der Waals surface area contributed by atoms with Crippen molar-refractivity contribution in [1.82, 2.24) is 4.90 Å². The molecule has 15 heavy (non-hydrogen) atoms. The molecule has 0 aliphatic heterocycles. The fourth-order valence-electron chi connectivity index (χ4n) is 2.58. The molecule has 2 rings (SSSR count). The molecule has 0 radical (unpaired) electrons. The third-order valence-corrected chi connectivity index (χ3v) is 3.67. The lowest BCUT2D eigenvalue weighted by Crippen LogP contribution is -2.43. The highest BCUT2D eigenvalue weighted by Gasteiger charge is 2.46. The second kappa shape index (κ2) is 3.84. The molecular weight excluding hydrogens is 188 g/mol. The molecule has 0 heterocycles. The third kappa shape index (κ3) is 1.73. The van der Waals surface area contributed by atoms with E-state index in [-0.39, 0.29) is 5.91 Å². The summed E-state index contributed by atoms with van der Waals surface area (Å²) in [6.45, 7) is 2.77. The monoisotopic (exact) mass is 206 g/mol. The van der Waals surface area contributed by atoms with Gasteiger partial charge in [-0.15, -0.1) is 0 Å². The van der Waals surface area contributed by atoms with Crippen molar-refractivity contribution in [2.24, 2.45) is 5.41 Å². The highest BCUT2D eigenvalue weighted by atomic mass is 16.2. The van der Waals surface area contributed by atoms with Gasteiger partial charge in [0.1, 0.15) is 5.41 Å². The van der Waals surface area contributed by atoms with E-state index >= 15 is 0 Å². The Kier molecular flexibility index (Phi) is 2.68. The molecule has 2 fully saturated rings. The van der Waals surface area contributed by atoms with Crippen LogP contribution in [0.5, 0.6) is 0 Å². The van der Waals surface area contributed by atoms with Gasteiger partial charge in [0.05, 0.1) is 6.07 Å². The van der Waals surface area contributed by atoms with Gasteiger partial charge in [-0.25, -0.2) is 0 Å². The van der Waals surface area contributed by atoms with Gasteiger partial charge in [-0.05, 0) is 32.6 Å². The van der Waals surface area contributed by atoms with Crippen LogP contribution in [0.1, 0.15) is 45.4 Å². The summed E-state index contributed by atoms with van der Waals surface area (Å²) in [5.74, 6) is 0.104. The number of amides is 1.